The lowest BCUT2D eigenvalue weighted by molar-refractivity contribution is 0.169. The molecule has 1 aromatic carbocycles. The predicted molar refractivity (Wildman–Crippen MR) is 85.8 cm³/mol. The molecule has 0 aliphatic rings. The van der Waals surface area contributed by atoms with E-state index in [0.29, 0.717) is 0 Å². The first-order chi connectivity index (χ1) is 9.26. The van der Waals surface area contributed by atoms with E-state index in [1.807, 2.05) is 6.92 Å². The summed E-state index contributed by atoms with van der Waals surface area (Å²) >= 11 is 0. The van der Waals surface area contributed by atoms with Crippen LogP contribution in [0, 0.1) is 11.3 Å². The van der Waals surface area contributed by atoms with Gasteiger partial charge in [0.1, 0.15) is 5.54 Å². The molecule has 1 atom stereocenters. The monoisotopic (exact) mass is 272 g/mol. The van der Waals surface area contributed by atoms with Crippen molar-refractivity contribution in [1.82, 2.24) is 4.90 Å². The molecule has 0 aliphatic carbocycles. The van der Waals surface area contributed by atoms with Crippen molar-refractivity contribution in [1.29, 1.82) is 5.26 Å². The second-order valence-electron chi connectivity index (χ2n) is 6.68. The lowest BCUT2D eigenvalue weighted by Gasteiger charge is -2.34. The molecule has 110 valence electrons. The molecule has 1 rings (SSSR count). The van der Waals surface area contributed by atoms with Crippen LogP contribution in [0.15, 0.2) is 24.3 Å². The third-order valence-electron chi connectivity index (χ3n) is 4.07. The Morgan fingerprint density at radius 3 is 1.85 bits per heavy atom. The van der Waals surface area contributed by atoms with Gasteiger partial charge in [-0.1, -0.05) is 58.9 Å². The SMILES string of the molecule is CCN(CC)C(C)(C#N)Cc1ccc(C(C)(C)C)cc1. The van der Waals surface area contributed by atoms with Crippen molar-refractivity contribution >= 4 is 0 Å². The van der Waals surface area contributed by atoms with Crippen LogP contribution >= 0.6 is 0 Å². The fourth-order valence-electron chi connectivity index (χ4n) is 2.66. The van der Waals surface area contributed by atoms with E-state index < -0.39 is 5.54 Å². The van der Waals surface area contributed by atoms with Gasteiger partial charge >= 0.3 is 0 Å². The highest BCUT2D eigenvalue weighted by atomic mass is 15.2. The van der Waals surface area contributed by atoms with Crippen molar-refractivity contribution in [2.45, 2.75) is 58.9 Å². The summed E-state index contributed by atoms with van der Waals surface area (Å²) < 4.78 is 0. The second kappa shape index (κ2) is 6.41. The van der Waals surface area contributed by atoms with Crippen LogP contribution < -0.4 is 0 Å². The van der Waals surface area contributed by atoms with Gasteiger partial charge in [-0.2, -0.15) is 5.26 Å². The molecule has 0 aromatic heterocycles. The third-order valence-corrected chi connectivity index (χ3v) is 4.07. The van der Waals surface area contributed by atoms with Gasteiger partial charge in [-0.3, -0.25) is 4.90 Å². The maximum atomic E-state index is 9.57. The van der Waals surface area contributed by atoms with E-state index in [-0.39, 0.29) is 5.41 Å². The molecule has 0 saturated heterocycles. The van der Waals surface area contributed by atoms with Crippen molar-refractivity contribution < 1.29 is 0 Å². The molecule has 0 saturated carbocycles. The highest BCUT2D eigenvalue weighted by Gasteiger charge is 2.30. The van der Waals surface area contributed by atoms with Crippen molar-refractivity contribution in [3.63, 3.8) is 0 Å². The molecule has 0 aliphatic heterocycles. The smallest absolute Gasteiger partial charge is 0.110 e. The van der Waals surface area contributed by atoms with Gasteiger partial charge in [0.2, 0.25) is 0 Å². The Hall–Kier alpha value is -1.33. The van der Waals surface area contributed by atoms with E-state index in [4.69, 9.17) is 0 Å². The van der Waals surface area contributed by atoms with Crippen molar-refractivity contribution in [2.75, 3.05) is 13.1 Å². The Balaban J connectivity index is 2.95. The zero-order chi connectivity index (χ0) is 15.4. The predicted octanol–water partition coefficient (Wildman–Crippen LogP) is 4.15. The lowest BCUT2D eigenvalue weighted by atomic mass is 9.85. The number of nitrogens with zero attached hydrogens (tertiary/aromatic N) is 2. The van der Waals surface area contributed by atoms with Crippen LogP contribution in [0.2, 0.25) is 0 Å². The van der Waals surface area contributed by atoms with Crippen LogP contribution in [0.5, 0.6) is 0 Å². The minimum absolute atomic E-state index is 0.177. The number of hydrogen-bond donors (Lipinski definition) is 0. The molecule has 0 amide bonds. The van der Waals surface area contributed by atoms with Crippen LogP contribution in [0.4, 0.5) is 0 Å². The summed E-state index contributed by atoms with van der Waals surface area (Å²) in [5.74, 6) is 0. The third kappa shape index (κ3) is 3.84. The van der Waals surface area contributed by atoms with Crippen LogP contribution in [0.25, 0.3) is 0 Å². The Morgan fingerprint density at radius 2 is 1.50 bits per heavy atom. The Kier molecular flexibility index (Phi) is 5.36. The largest absolute Gasteiger partial charge is 0.286 e. The number of likely N-dealkylation sites (N-methyl/N-ethyl adjacent to an activating group) is 1. The normalized spacial score (nSPS) is 14.9. The summed E-state index contributed by atoms with van der Waals surface area (Å²) in [6.45, 7) is 14.7. The van der Waals surface area contributed by atoms with Gasteiger partial charge < -0.3 is 0 Å². The molecule has 0 heterocycles. The zero-order valence-corrected chi connectivity index (χ0v) is 13.8. The molecule has 0 bridgehead atoms. The van der Waals surface area contributed by atoms with Crippen LogP contribution in [-0.2, 0) is 11.8 Å². The van der Waals surface area contributed by atoms with Crippen molar-refractivity contribution in [2.24, 2.45) is 0 Å². The van der Waals surface area contributed by atoms with Gasteiger partial charge in [0.05, 0.1) is 6.07 Å². The highest BCUT2D eigenvalue weighted by Crippen LogP contribution is 2.25. The summed E-state index contributed by atoms with van der Waals surface area (Å²) in [5.41, 5.74) is 2.32. The number of benzene rings is 1. The van der Waals surface area contributed by atoms with Crippen LogP contribution in [0.1, 0.15) is 52.7 Å². The fraction of sp³-hybridized carbons (Fsp3) is 0.611. The highest BCUT2D eigenvalue weighted by molar-refractivity contribution is 5.29. The van der Waals surface area contributed by atoms with E-state index in [9.17, 15) is 5.26 Å². The Bertz CT molecular complexity index is 458. The van der Waals surface area contributed by atoms with Crippen LogP contribution in [-0.4, -0.2) is 23.5 Å². The van der Waals surface area contributed by atoms with E-state index in [1.165, 1.54) is 11.1 Å². The van der Waals surface area contributed by atoms with E-state index >= 15 is 0 Å². The molecule has 0 spiro atoms. The maximum absolute atomic E-state index is 9.57. The summed E-state index contributed by atoms with van der Waals surface area (Å²) in [5, 5.41) is 9.57. The van der Waals surface area contributed by atoms with Gasteiger partial charge in [-0.25, -0.2) is 0 Å². The molecule has 1 unspecified atom stereocenters. The van der Waals surface area contributed by atoms with Gasteiger partial charge in [0.15, 0.2) is 0 Å². The van der Waals surface area contributed by atoms with Gasteiger partial charge in [0, 0.05) is 6.42 Å². The van der Waals surface area contributed by atoms with E-state index in [1.54, 1.807) is 0 Å². The van der Waals surface area contributed by atoms with E-state index in [0.717, 1.165) is 19.5 Å². The van der Waals surface area contributed by atoms with Gasteiger partial charge in [0.25, 0.3) is 0 Å². The first kappa shape index (κ1) is 16.7. The molecule has 0 N–H and O–H groups in total. The second-order valence-corrected chi connectivity index (χ2v) is 6.68. The summed E-state index contributed by atoms with van der Waals surface area (Å²) in [6.07, 6.45) is 0.773. The molecule has 1 aromatic rings. The zero-order valence-electron chi connectivity index (χ0n) is 13.8. The molecular weight excluding hydrogens is 244 g/mol. The number of hydrogen-bond acceptors (Lipinski definition) is 2. The summed E-state index contributed by atoms with van der Waals surface area (Å²) in [6, 6.07) is 11.2. The Morgan fingerprint density at radius 1 is 1.00 bits per heavy atom. The molecule has 20 heavy (non-hydrogen) atoms. The standard InChI is InChI=1S/C18H28N2/c1-7-20(8-2)18(6,14-19)13-15-9-11-16(12-10-15)17(3,4)5/h9-12H,7-8,13H2,1-6H3. The Labute approximate surface area is 124 Å². The van der Waals surface area contributed by atoms with Gasteiger partial charge in [-0.05, 0) is 36.6 Å². The molecule has 2 nitrogen and oxygen atoms in total. The first-order valence-corrected chi connectivity index (χ1v) is 7.52. The minimum atomic E-state index is -0.424. The van der Waals surface area contributed by atoms with Crippen molar-refractivity contribution in [3.05, 3.63) is 35.4 Å². The number of nitriles is 1. The molecule has 0 fully saturated rings. The quantitative estimate of drug-likeness (QED) is 0.805. The molecule has 2 heteroatoms. The lowest BCUT2D eigenvalue weighted by Crippen LogP contribution is -2.46. The fourth-order valence-corrected chi connectivity index (χ4v) is 2.66. The average Bonchev–Trinajstić information content (AvgIpc) is 2.39. The average molecular weight is 272 g/mol. The minimum Gasteiger partial charge on any atom is -0.286 e. The molecule has 0 radical (unpaired) electrons. The van der Waals surface area contributed by atoms with Crippen molar-refractivity contribution in [3.8, 4) is 6.07 Å². The topological polar surface area (TPSA) is 27.0 Å². The molecular formula is C18H28N2. The number of rotatable bonds is 5. The van der Waals surface area contributed by atoms with E-state index in [2.05, 4.69) is 69.9 Å². The summed E-state index contributed by atoms with van der Waals surface area (Å²) in [7, 11) is 0. The maximum Gasteiger partial charge on any atom is 0.110 e. The summed E-state index contributed by atoms with van der Waals surface area (Å²) in [4.78, 5) is 2.23. The van der Waals surface area contributed by atoms with Gasteiger partial charge in [-0.15, -0.1) is 0 Å². The van der Waals surface area contributed by atoms with Crippen LogP contribution in [0.3, 0.4) is 0 Å². The first-order valence-electron chi connectivity index (χ1n) is 7.52.